The summed E-state index contributed by atoms with van der Waals surface area (Å²) in [5.74, 6) is 0. The van der Waals surface area contributed by atoms with Crippen molar-refractivity contribution in [2.45, 2.75) is 0 Å². The van der Waals surface area contributed by atoms with E-state index in [-0.39, 0.29) is 0 Å². The van der Waals surface area contributed by atoms with Crippen LogP contribution in [0, 0.1) is 17.9 Å². The van der Waals surface area contributed by atoms with Gasteiger partial charge in [-0.1, -0.05) is 109 Å². The zero-order chi connectivity index (χ0) is 39.6. The Morgan fingerprint density at radius 1 is 0.433 bits per heavy atom. The fraction of sp³-hybridized carbons (Fsp3) is 0. The maximum atomic E-state index is 11.7. The Hall–Kier alpha value is -8.65. The molecule has 13 aromatic rings. The maximum Gasteiger partial charge on any atom is 0.220 e. The summed E-state index contributed by atoms with van der Waals surface area (Å²) in [7, 11) is 0. The van der Waals surface area contributed by atoms with E-state index < -0.39 is 0 Å². The van der Waals surface area contributed by atoms with Crippen LogP contribution in [-0.2, 0) is 0 Å². The highest BCUT2D eigenvalue weighted by Crippen LogP contribution is 2.54. The van der Waals surface area contributed by atoms with Gasteiger partial charge in [0.2, 0.25) is 5.69 Å². The van der Waals surface area contributed by atoms with Crippen molar-refractivity contribution in [3.05, 3.63) is 182 Å². The zero-order valence-corrected chi connectivity index (χ0v) is 31.7. The van der Waals surface area contributed by atoms with Gasteiger partial charge in [-0.2, -0.15) is 5.26 Å². The highest BCUT2D eigenvalue weighted by atomic mass is 15.1. The van der Waals surface area contributed by atoms with Crippen LogP contribution in [0.5, 0.6) is 0 Å². The lowest BCUT2D eigenvalue weighted by Crippen LogP contribution is -2.09. The van der Waals surface area contributed by atoms with Crippen LogP contribution in [0.2, 0.25) is 0 Å². The molecule has 0 saturated carbocycles. The molecule has 0 bridgehead atoms. The van der Waals surface area contributed by atoms with E-state index in [0.717, 1.165) is 103 Å². The molecular weight excluding hydrogens is 735 g/mol. The molecule has 5 aromatic heterocycles. The Labute approximate surface area is 341 Å². The first-order chi connectivity index (χ1) is 29.8. The van der Waals surface area contributed by atoms with Crippen LogP contribution in [0.4, 0.5) is 5.69 Å². The average Bonchev–Trinajstić information content (AvgIpc) is 3.84. The molecule has 0 atom stereocenters. The van der Waals surface area contributed by atoms with Crippen molar-refractivity contribution in [1.82, 2.24) is 24.1 Å². The number of aromatic nitrogens is 5. The predicted octanol–water partition coefficient (Wildman–Crippen LogP) is 13.3. The Balaban J connectivity index is 1.33. The average molecular weight is 762 g/mol. The van der Waals surface area contributed by atoms with Crippen LogP contribution in [0.15, 0.2) is 165 Å². The largest absolute Gasteiger partial charge is 0.318 e. The molecule has 7 nitrogen and oxygen atoms in total. The minimum absolute atomic E-state index is 0.392. The Morgan fingerprint density at radius 2 is 0.917 bits per heavy atom. The number of pyridine rings is 3. The molecule has 13 rings (SSSR count). The summed E-state index contributed by atoms with van der Waals surface area (Å²) in [5.41, 5.74) is 8.78. The number of nitrogens with zero attached hydrogens (tertiary/aromatic N) is 7. The van der Waals surface area contributed by atoms with Crippen LogP contribution < -0.4 is 0 Å². The topological polar surface area (TPSA) is 76.7 Å². The van der Waals surface area contributed by atoms with Gasteiger partial charge in [0.15, 0.2) is 0 Å². The molecule has 0 saturated heterocycles. The van der Waals surface area contributed by atoms with Crippen molar-refractivity contribution in [3.63, 3.8) is 0 Å². The Kier molecular flexibility index (Phi) is 6.45. The van der Waals surface area contributed by atoms with Gasteiger partial charge in [-0.15, -0.1) is 0 Å². The van der Waals surface area contributed by atoms with Crippen LogP contribution in [-0.4, -0.2) is 24.1 Å². The van der Waals surface area contributed by atoms with Crippen LogP contribution in [0.3, 0.4) is 0 Å². The smallest absolute Gasteiger partial charge is 0.220 e. The Morgan fingerprint density at radius 3 is 1.50 bits per heavy atom. The molecule has 0 radical (unpaired) electrons. The third kappa shape index (κ3) is 4.02. The number of nitriles is 1. The first-order valence-corrected chi connectivity index (χ1v) is 19.8. The number of rotatable bonds is 4. The lowest BCUT2D eigenvalue weighted by atomic mass is 9.88. The minimum atomic E-state index is 0.392. The summed E-state index contributed by atoms with van der Waals surface area (Å²) in [5, 5.41) is 24.7. The van der Waals surface area contributed by atoms with Crippen molar-refractivity contribution in [2.75, 3.05) is 0 Å². The van der Waals surface area contributed by atoms with E-state index >= 15 is 0 Å². The van der Waals surface area contributed by atoms with E-state index in [2.05, 4.69) is 104 Å². The van der Waals surface area contributed by atoms with Gasteiger partial charge in [-0.05, 0) is 56.3 Å². The molecule has 5 heterocycles. The van der Waals surface area contributed by atoms with Crippen molar-refractivity contribution < 1.29 is 0 Å². The van der Waals surface area contributed by atoms with Crippen LogP contribution in [0.1, 0.15) is 5.56 Å². The third-order valence-corrected chi connectivity index (χ3v) is 12.5. The van der Waals surface area contributed by atoms with Gasteiger partial charge in [0, 0.05) is 73.6 Å². The molecule has 0 N–H and O–H groups in total. The molecule has 0 spiro atoms. The highest BCUT2D eigenvalue weighted by molar-refractivity contribution is 6.36. The van der Waals surface area contributed by atoms with E-state index in [1.165, 1.54) is 0 Å². The summed E-state index contributed by atoms with van der Waals surface area (Å²) < 4.78 is 4.47. The van der Waals surface area contributed by atoms with Gasteiger partial charge in [0.1, 0.15) is 6.07 Å². The van der Waals surface area contributed by atoms with Crippen molar-refractivity contribution in [3.8, 4) is 39.7 Å². The van der Waals surface area contributed by atoms with Crippen LogP contribution >= 0.6 is 0 Å². The van der Waals surface area contributed by atoms with E-state index in [9.17, 15) is 5.26 Å². The normalized spacial score (nSPS) is 12.0. The fourth-order valence-electron chi connectivity index (χ4n) is 10.3. The minimum Gasteiger partial charge on any atom is -0.318 e. The number of benzene rings is 8. The summed E-state index contributed by atoms with van der Waals surface area (Å²) in [4.78, 5) is 18.8. The van der Waals surface area contributed by atoms with Gasteiger partial charge >= 0.3 is 0 Å². The summed E-state index contributed by atoms with van der Waals surface area (Å²) >= 11 is 0. The van der Waals surface area contributed by atoms with Crippen molar-refractivity contribution in [2.24, 2.45) is 0 Å². The van der Waals surface area contributed by atoms with Crippen molar-refractivity contribution in [1.29, 1.82) is 5.26 Å². The van der Waals surface area contributed by atoms with E-state index in [1.807, 2.05) is 85.7 Å². The quantitative estimate of drug-likeness (QED) is 0.132. The molecule has 0 unspecified atom stereocenters. The number of fused-ring (bicyclic) bond motifs is 6. The van der Waals surface area contributed by atoms with Gasteiger partial charge < -0.3 is 9.13 Å². The number of hydrogen-bond donors (Lipinski definition) is 0. The lowest BCUT2D eigenvalue weighted by Gasteiger charge is -2.25. The van der Waals surface area contributed by atoms with Crippen molar-refractivity contribution >= 4 is 92.4 Å². The second-order valence-electron chi connectivity index (χ2n) is 15.3. The van der Waals surface area contributed by atoms with E-state index in [1.54, 1.807) is 0 Å². The van der Waals surface area contributed by atoms with Gasteiger partial charge in [0.05, 0.1) is 58.0 Å². The first-order valence-electron chi connectivity index (χ1n) is 19.8. The SMILES string of the molecule is [C-]#[N+]c1c(-c2ccccc2)c(C#N)c(-n2c3cncc4c5ccccc5c5cncc2c5c43)c(-c2ccccc2)c1-n1c2cccc3c4ccncc4c4cccc1c4c32. The molecular formula is C53H27N7. The molecule has 60 heavy (non-hydrogen) atoms. The highest BCUT2D eigenvalue weighted by Gasteiger charge is 2.33. The summed E-state index contributed by atoms with van der Waals surface area (Å²) in [6.07, 6.45) is 11.5. The number of hydrogen-bond acceptors (Lipinski definition) is 4. The van der Waals surface area contributed by atoms with E-state index in [0.29, 0.717) is 28.2 Å². The fourth-order valence-corrected chi connectivity index (χ4v) is 10.3. The molecule has 0 aliphatic rings. The summed E-state index contributed by atoms with van der Waals surface area (Å²) in [6, 6.07) is 46.1. The maximum absolute atomic E-state index is 11.7. The van der Waals surface area contributed by atoms with E-state index in [4.69, 9.17) is 16.5 Å². The zero-order valence-electron chi connectivity index (χ0n) is 31.7. The molecule has 0 amide bonds. The Bertz CT molecular complexity index is 3620. The molecule has 0 aliphatic heterocycles. The van der Waals surface area contributed by atoms with Crippen LogP contribution in [0.25, 0.3) is 125 Å². The molecule has 7 heteroatoms. The predicted molar refractivity (Wildman–Crippen MR) is 243 cm³/mol. The summed E-state index contributed by atoms with van der Waals surface area (Å²) in [6.45, 7) is 9.14. The van der Waals surface area contributed by atoms with Gasteiger partial charge in [-0.3, -0.25) is 15.0 Å². The lowest BCUT2D eigenvalue weighted by molar-refractivity contribution is 1.12. The standard InChI is InChI=1S/C53H27N7/c1-55-51-45(30-12-4-2-5-13-30)37(24-54)52(60-43-28-57-26-39-32-16-8-9-17-33(32)40-27-58-29-44(60)50(40)49(39)43)46(31-14-6-3-7-15-31)53(51)59-41-20-10-18-35-34-22-23-56-25-38(34)36-19-11-21-42(59)48(36)47(35)41/h2-23,25-29H. The molecule has 274 valence electrons. The first kappa shape index (κ1) is 32.4. The van der Waals surface area contributed by atoms with Gasteiger partial charge in [0.25, 0.3) is 0 Å². The van der Waals surface area contributed by atoms with Gasteiger partial charge in [-0.25, -0.2) is 4.85 Å². The second kappa shape index (κ2) is 11.9. The third-order valence-electron chi connectivity index (χ3n) is 12.5. The molecule has 8 aromatic carbocycles. The monoisotopic (exact) mass is 761 g/mol. The molecule has 0 aliphatic carbocycles. The molecule has 0 fully saturated rings. The second-order valence-corrected chi connectivity index (χ2v) is 15.3.